The molecule has 4 amide bonds. The van der Waals surface area contributed by atoms with Gasteiger partial charge in [0.1, 0.15) is 17.7 Å². The van der Waals surface area contributed by atoms with Crippen LogP contribution in [0.25, 0.3) is 0 Å². The highest BCUT2D eigenvalue weighted by molar-refractivity contribution is 5.95. The van der Waals surface area contributed by atoms with E-state index in [9.17, 15) is 19.2 Å². The highest BCUT2D eigenvalue weighted by Crippen LogP contribution is 2.22. The number of rotatable bonds is 10. The van der Waals surface area contributed by atoms with Gasteiger partial charge in [-0.25, -0.2) is 4.79 Å². The van der Waals surface area contributed by atoms with E-state index in [1.54, 1.807) is 51.1 Å². The number of terminal acetylenes is 1. The molecule has 0 aliphatic rings. The number of primary amides is 1. The Morgan fingerprint density at radius 1 is 1.15 bits per heavy atom. The SMILES string of the molecule is C#CN(C(=O)C(CC(N)=O)NC(=O)OC(C)(C)C)C(C(=O)NC(C)CCC)c1ccccc1. The number of amides is 4. The molecule has 9 nitrogen and oxygen atoms in total. The molecule has 1 aromatic carbocycles. The van der Waals surface area contributed by atoms with Crippen molar-refractivity contribution in [2.45, 2.75) is 77.6 Å². The fourth-order valence-corrected chi connectivity index (χ4v) is 3.16. The number of nitrogens with two attached hydrogens (primary N) is 1. The van der Waals surface area contributed by atoms with E-state index in [0.29, 0.717) is 5.56 Å². The summed E-state index contributed by atoms with van der Waals surface area (Å²) in [7, 11) is 0. The van der Waals surface area contributed by atoms with Gasteiger partial charge in [0, 0.05) is 12.1 Å². The Morgan fingerprint density at radius 3 is 2.24 bits per heavy atom. The van der Waals surface area contributed by atoms with Gasteiger partial charge in [-0.15, -0.1) is 0 Å². The van der Waals surface area contributed by atoms with Gasteiger partial charge in [-0.1, -0.05) is 50.1 Å². The second-order valence-corrected chi connectivity index (χ2v) is 8.72. The maximum atomic E-state index is 13.4. The Balaban J connectivity index is 3.30. The Labute approximate surface area is 195 Å². The van der Waals surface area contributed by atoms with E-state index in [1.807, 2.05) is 13.8 Å². The monoisotopic (exact) mass is 458 g/mol. The minimum Gasteiger partial charge on any atom is -0.444 e. The van der Waals surface area contributed by atoms with Gasteiger partial charge in [0.25, 0.3) is 5.91 Å². The minimum absolute atomic E-state index is 0.148. The number of ether oxygens (including phenoxy) is 1. The van der Waals surface area contributed by atoms with Crippen LogP contribution in [0.3, 0.4) is 0 Å². The highest BCUT2D eigenvalue weighted by Gasteiger charge is 2.36. The number of hydrogen-bond acceptors (Lipinski definition) is 5. The third-order valence-electron chi connectivity index (χ3n) is 4.50. The van der Waals surface area contributed by atoms with Crippen molar-refractivity contribution in [3.8, 4) is 12.5 Å². The zero-order valence-electron chi connectivity index (χ0n) is 19.9. The third-order valence-corrected chi connectivity index (χ3v) is 4.50. The van der Waals surface area contributed by atoms with Crippen molar-refractivity contribution in [3.05, 3.63) is 35.9 Å². The lowest BCUT2D eigenvalue weighted by Crippen LogP contribution is -2.53. The highest BCUT2D eigenvalue weighted by atomic mass is 16.6. The molecule has 0 spiro atoms. The first kappa shape index (κ1) is 27.5. The molecule has 0 saturated carbocycles. The molecular formula is C24H34N4O5. The summed E-state index contributed by atoms with van der Waals surface area (Å²) in [5.41, 5.74) is 4.93. The van der Waals surface area contributed by atoms with Crippen LogP contribution in [0.15, 0.2) is 30.3 Å². The lowest BCUT2D eigenvalue weighted by molar-refractivity contribution is -0.139. The normalized spacial score (nSPS) is 13.6. The molecule has 3 atom stereocenters. The van der Waals surface area contributed by atoms with Crippen LogP contribution in [0.2, 0.25) is 0 Å². The topological polar surface area (TPSA) is 131 Å². The molecule has 4 N–H and O–H groups in total. The first-order chi connectivity index (χ1) is 15.4. The summed E-state index contributed by atoms with van der Waals surface area (Å²) in [4.78, 5) is 51.3. The summed E-state index contributed by atoms with van der Waals surface area (Å²) in [5.74, 6) is -2.16. The van der Waals surface area contributed by atoms with E-state index in [4.69, 9.17) is 16.9 Å². The Hall–Kier alpha value is -3.54. The van der Waals surface area contributed by atoms with Crippen LogP contribution < -0.4 is 16.4 Å². The molecule has 0 saturated heterocycles. The lowest BCUT2D eigenvalue weighted by Gasteiger charge is -2.30. The van der Waals surface area contributed by atoms with E-state index in [-0.39, 0.29) is 6.04 Å². The Bertz CT molecular complexity index is 873. The van der Waals surface area contributed by atoms with Gasteiger partial charge in [-0.05, 0) is 39.7 Å². The second kappa shape index (κ2) is 12.5. The van der Waals surface area contributed by atoms with Crippen molar-refractivity contribution in [2.24, 2.45) is 5.73 Å². The molecule has 0 bridgehead atoms. The third kappa shape index (κ3) is 9.23. The smallest absolute Gasteiger partial charge is 0.408 e. The number of carbonyl (C=O) groups excluding carboxylic acids is 4. The van der Waals surface area contributed by atoms with Gasteiger partial charge < -0.3 is 21.1 Å². The van der Waals surface area contributed by atoms with Crippen molar-refractivity contribution < 1.29 is 23.9 Å². The molecule has 0 radical (unpaired) electrons. The van der Waals surface area contributed by atoms with Crippen LogP contribution in [0, 0.1) is 12.5 Å². The molecule has 9 heteroatoms. The molecule has 3 unspecified atom stereocenters. The summed E-state index contributed by atoms with van der Waals surface area (Å²) in [6.45, 7) is 8.80. The van der Waals surface area contributed by atoms with Gasteiger partial charge in [-0.3, -0.25) is 19.3 Å². The van der Waals surface area contributed by atoms with Gasteiger partial charge >= 0.3 is 6.09 Å². The molecule has 33 heavy (non-hydrogen) atoms. The van der Waals surface area contributed by atoms with E-state index < -0.39 is 47.9 Å². The molecule has 0 aromatic heterocycles. The van der Waals surface area contributed by atoms with Crippen LogP contribution in [-0.2, 0) is 19.1 Å². The molecule has 0 fully saturated rings. The zero-order chi connectivity index (χ0) is 25.2. The van der Waals surface area contributed by atoms with Gasteiger partial charge in [-0.2, -0.15) is 0 Å². The summed E-state index contributed by atoms with van der Waals surface area (Å²) < 4.78 is 5.18. The largest absolute Gasteiger partial charge is 0.444 e. The maximum absolute atomic E-state index is 13.4. The van der Waals surface area contributed by atoms with Gasteiger partial charge in [0.05, 0.1) is 6.42 Å². The average Bonchev–Trinajstić information content (AvgIpc) is 2.69. The quantitative estimate of drug-likeness (QED) is 0.365. The molecule has 1 rings (SSSR count). The van der Waals surface area contributed by atoms with Crippen molar-refractivity contribution in [1.82, 2.24) is 15.5 Å². The first-order valence-corrected chi connectivity index (χ1v) is 10.8. The predicted molar refractivity (Wildman–Crippen MR) is 124 cm³/mol. The fourth-order valence-electron chi connectivity index (χ4n) is 3.16. The zero-order valence-corrected chi connectivity index (χ0v) is 19.9. The Morgan fingerprint density at radius 2 is 1.76 bits per heavy atom. The molecule has 0 aliphatic carbocycles. The van der Waals surface area contributed by atoms with E-state index in [0.717, 1.165) is 17.7 Å². The summed E-state index contributed by atoms with van der Waals surface area (Å²) in [5, 5.41) is 5.21. The maximum Gasteiger partial charge on any atom is 0.408 e. The number of carbonyl (C=O) groups is 4. The van der Waals surface area contributed by atoms with Crippen LogP contribution >= 0.6 is 0 Å². The minimum atomic E-state index is -1.42. The van der Waals surface area contributed by atoms with Crippen molar-refractivity contribution >= 4 is 23.8 Å². The average molecular weight is 459 g/mol. The Kier molecular flexibility index (Phi) is 10.4. The number of nitrogens with one attached hydrogen (secondary N) is 2. The molecular weight excluding hydrogens is 424 g/mol. The number of nitrogens with zero attached hydrogens (tertiary/aromatic N) is 1. The predicted octanol–water partition coefficient (Wildman–Crippen LogP) is 2.22. The van der Waals surface area contributed by atoms with Crippen molar-refractivity contribution in [1.29, 1.82) is 0 Å². The number of hydrogen-bond donors (Lipinski definition) is 3. The van der Waals surface area contributed by atoms with Crippen molar-refractivity contribution in [3.63, 3.8) is 0 Å². The molecule has 0 aliphatic heterocycles. The molecule has 180 valence electrons. The number of benzene rings is 1. The van der Waals surface area contributed by atoms with Gasteiger partial charge in [0.15, 0.2) is 0 Å². The van der Waals surface area contributed by atoms with E-state index >= 15 is 0 Å². The lowest BCUT2D eigenvalue weighted by atomic mass is 10.0. The first-order valence-electron chi connectivity index (χ1n) is 10.8. The number of alkyl carbamates (subject to hydrolysis) is 1. The van der Waals surface area contributed by atoms with Gasteiger partial charge in [0.2, 0.25) is 11.8 Å². The summed E-state index contributed by atoms with van der Waals surface area (Å²) >= 11 is 0. The van der Waals surface area contributed by atoms with Crippen LogP contribution in [0.4, 0.5) is 4.79 Å². The van der Waals surface area contributed by atoms with E-state index in [2.05, 4.69) is 16.7 Å². The summed E-state index contributed by atoms with van der Waals surface area (Å²) in [6.07, 6.45) is 5.81. The molecule has 0 heterocycles. The van der Waals surface area contributed by atoms with Crippen LogP contribution in [0.5, 0.6) is 0 Å². The van der Waals surface area contributed by atoms with E-state index in [1.165, 1.54) is 0 Å². The van der Waals surface area contributed by atoms with Crippen LogP contribution in [-0.4, -0.2) is 46.4 Å². The fraction of sp³-hybridized carbons (Fsp3) is 0.500. The summed E-state index contributed by atoms with van der Waals surface area (Å²) in [6, 6.07) is 8.01. The van der Waals surface area contributed by atoms with Crippen molar-refractivity contribution in [2.75, 3.05) is 0 Å². The second-order valence-electron chi connectivity index (χ2n) is 8.72. The standard InChI is InChI=1S/C24H34N4O5/c1-7-12-16(3)26-21(30)20(17-13-10-9-11-14-17)28(8-2)22(31)18(15-19(25)29)27-23(32)33-24(4,5)6/h2,9-11,13-14,16,18,20H,7,12,15H2,1,3-6H3,(H2,25,29)(H,26,30)(H,27,32). The van der Waals surface area contributed by atoms with Crippen LogP contribution in [0.1, 0.15) is 65.5 Å². The molecule has 1 aromatic rings.